The second-order valence-electron chi connectivity index (χ2n) is 3.87. The lowest BCUT2D eigenvalue weighted by Gasteiger charge is -2.26. The molecule has 1 fully saturated rings. The topological polar surface area (TPSA) is 42.2 Å². The molecule has 0 N–H and O–H groups in total. The van der Waals surface area contributed by atoms with Crippen molar-refractivity contribution in [2.75, 3.05) is 20.1 Å². The van der Waals surface area contributed by atoms with Crippen molar-refractivity contribution >= 4 is 0 Å². The molecule has 0 atom stereocenters. The lowest BCUT2D eigenvalue weighted by Crippen LogP contribution is -2.29. The van der Waals surface area contributed by atoms with E-state index in [2.05, 4.69) is 15.0 Å². The molecule has 1 aromatic heterocycles. The van der Waals surface area contributed by atoms with Crippen molar-refractivity contribution in [3.8, 4) is 0 Å². The average molecular weight is 217 g/mol. The van der Waals surface area contributed by atoms with Gasteiger partial charge in [0.2, 0.25) is 11.7 Å². The second-order valence-corrected chi connectivity index (χ2v) is 3.87. The summed E-state index contributed by atoms with van der Waals surface area (Å²) in [7, 11) is 2.04. The minimum absolute atomic E-state index is 0.140. The van der Waals surface area contributed by atoms with Crippen molar-refractivity contribution in [3.05, 3.63) is 11.7 Å². The van der Waals surface area contributed by atoms with Gasteiger partial charge in [0.15, 0.2) is 0 Å². The van der Waals surface area contributed by atoms with Gasteiger partial charge in [0, 0.05) is 5.92 Å². The number of hydrogen-bond donors (Lipinski definition) is 0. The maximum Gasteiger partial charge on any atom is 0.300 e. The summed E-state index contributed by atoms with van der Waals surface area (Å²) in [6, 6.07) is 0. The number of rotatable bonds is 2. The maximum absolute atomic E-state index is 12.2. The summed E-state index contributed by atoms with van der Waals surface area (Å²) >= 11 is 0. The maximum atomic E-state index is 12.2. The van der Waals surface area contributed by atoms with Crippen LogP contribution >= 0.6 is 0 Å². The quantitative estimate of drug-likeness (QED) is 0.757. The summed E-state index contributed by atoms with van der Waals surface area (Å²) in [4.78, 5) is 5.91. The van der Waals surface area contributed by atoms with Gasteiger partial charge in [0.25, 0.3) is 0 Å². The fourth-order valence-corrected chi connectivity index (χ4v) is 1.76. The molecule has 4 nitrogen and oxygen atoms in total. The van der Waals surface area contributed by atoms with E-state index >= 15 is 0 Å². The van der Waals surface area contributed by atoms with Crippen molar-refractivity contribution in [3.63, 3.8) is 0 Å². The Bertz CT molecular complexity index is 321. The van der Waals surface area contributed by atoms with Crippen molar-refractivity contribution in [2.45, 2.75) is 25.2 Å². The van der Waals surface area contributed by atoms with Crippen LogP contribution in [-0.4, -0.2) is 35.2 Å². The molecule has 0 amide bonds. The summed E-state index contributed by atoms with van der Waals surface area (Å²) in [5.41, 5.74) is 0. The summed E-state index contributed by atoms with van der Waals surface area (Å²) in [5.74, 6) is 0.00327. The zero-order valence-corrected chi connectivity index (χ0v) is 8.49. The molecule has 0 aliphatic carbocycles. The van der Waals surface area contributed by atoms with E-state index in [0.717, 1.165) is 25.9 Å². The molecule has 0 aromatic carbocycles. The lowest BCUT2D eigenvalue weighted by molar-refractivity contribution is 0.136. The molecule has 1 saturated heterocycles. The van der Waals surface area contributed by atoms with Gasteiger partial charge in [0.05, 0.1) is 0 Å². The Morgan fingerprint density at radius 1 is 1.40 bits per heavy atom. The van der Waals surface area contributed by atoms with Gasteiger partial charge in [-0.15, -0.1) is 0 Å². The average Bonchev–Trinajstić information content (AvgIpc) is 2.68. The Morgan fingerprint density at radius 3 is 2.60 bits per heavy atom. The van der Waals surface area contributed by atoms with E-state index in [1.807, 2.05) is 7.05 Å². The molecule has 2 heterocycles. The van der Waals surface area contributed by atoms with Crippen molar-refractivity contribution < 1.29 is 13.3 Å². The third-order valence-corrected chi connectivity index (χ3v) is 2.72. The van der Waals surface area contributed by atoms with E-state index in [-0.39, 0.29) is 5.92 Å². The van der Waals surface area contributed by atoms with Crippen LogP contribution in [0.3, 0.4) is 0 Å². The third-order valence-electron chi connectivity index (χ3n) is 2.72. The SMILES string of the molecule is CN1CCC(c2nc(C(F)F)no2)CC1. The lowest BCUT2D eigenvalue weighted by atomic mass is 9.97. The van der Waals surface area contributed by atoms with Crippen LogP contribution in [0.15, 0.2) is 4.52 Å². The van der Waals surface area contributed by atoms with Gasteiger partial charge in [-0.3, -0.25) is 0 Å². The largest absolute Gasteiger partial charge is 0.339 e. The Balaban J connectivity index is 2.03. The van der Waals surface area contributed by atoms with Crippen LogP contribution in [0.2, 0.25) is 0 Å². The first-order valence-electron chi connectivity index (χ1n) is 4.97. The predicted molar refractivity (Wildman–Crippen MR) is 48.7 cm³/mol. The zero-order valence-electron chi connectivity index (χ0n) is 8.49. The van der Waals surface area contributed by atoms with Crippen molar-refractivity contribution in [1.29, 1.82) is 0 Å². The summed E-state index contributed by atoms with van der Waals surface area (Å²) in [6.07, 6.45) is -0.864. The van der Waals surface area contributed by atoms with E-state index in [4.69, 9.17) is 4.52 Å². The van der Waals surface area contributed by atoms with Gasteiger partial charge in [-0.05, 0) is 33.0 Å². The molecule has 0 saturated carbocycles. The fourth-order valence-electron chi connectivity index (χ4n) is 1.76. The first kappa shape index (κ1) is 10.5. The minimum Gasteiger partial charge on any atom is -0.339 e. The number of piperidine rings is 1. The van der Waals surface area contributed by atoms with Crippen LogP contribution in [0.4, 0.5) is 8.78 Å². The third kappa shape index (κ3) is 2.31. The van der Waals surface area contributed by atoms with Gasteiger partial charge >= 0.3 is 6.43 Å². The van der Waals surface area contributed by atoms with Crippen LogP contribution in [-0.2, 0) is 0 Å². The predicted octanol–water partition coefficient (Wildman–Crippen LogP) is 1.82. The number of nitrogens with zero attached hydrogens (tertiary/aromatic N) is 3. The molecular formula is C9H13F2N3O. The highest BCUT2D eigenvalue weighted by Gasteiger charge is 2.25. The smallest absolute Gasteiger partial charge is 0.300 e. The molecule has 0 unspecified atom stereocenters. The first-order chi connectivity index (χ1) is 7.16. The van der Waals surface area contributed by atoms with Gasteiger partial charge in [-0.2, -0.15) is 4.98 Å². The van der Waals surface area contributed by atoms with Crippen LogP contribution in [0.25, 0.3) is 0 Å². The number of alkyl halides is 2. The van der Waals surface area contributed by atoms with E-state index in [0.29, 0.717) is 5.89 Å². The standard InChI is InChI=1S/C9H13F2N3O/c1-14-4-2-6(3-5-14)9-12-8(7(10)11)13-15-9/h6-7H,2-5H2,1H3. The molecule has 1 aliphatic heterocycles. The Hall–Kier alpha value is -1.04. The monoisotopic (exact) mass is 217 g/mol. The second kappa shape index (κ2) is 4.22. The minimum atomic E-state index is -2.64. The fraction of sp³-hybridized carbons (Fsp3) is 0.778. The number of halogens is 2. The molecule has 84 valence electrons. The Labute approximate surface area is 86.3 Å². The van der Waals surface area contributed by atoms with Gasteiger partial charge in [0.1, 0.15) is 0 Å². The van der Waals surface area contributed by atoms with Crippen LogP contribution in [0.5, 0.6) is 0 Å². The molecule has 1 aliphatic rings. The molecule has 0 bridgehead atoms. The van der Waals surface area contributed by atoms with Gasteiger partial charge in [-0.25, -0.2) is 8.78 Å². The van der Waals surface area contributed by atoms with Crippen LogP contribution in [0, 0.1) is 0 Å². The Morgan fingerprint density at radius 2 is 2.07 bits per heavy atom. The highest BCUT2D eigenvalue weighted by Crippen LogP contribution is 2.27. The van der Waals surface area contributed by atoms with Crippen LogP contribution < -0.4 is 0 Å². The van der Waals surface area contributed by atoms with E-state index in [1.165, 1.54) is 0 Å². The molecule has 0 spiro atoms. The van der Waals surface area contributed by atoms with E-state index < -0.39 is 12.2 Å². The molecular weight excluding hydrogens is 204 g/mol. The normalized spacial score (nSPS) is 20.0. The highest BCUT2D eigenvalue weighted by atomic mass is 19.3. The van der Waals surface area contributed by atoms with Gasteiger partial charge in [-0.1, -0.05) is 5.16 Å². The van der Waals surface area contributed by atoms with Crippen molar-refractivity contribution in [1.82, 2.24) is 15.0 Å². The molecule has 6 heteroatoms. The summed E-state index contributed by atoms with van der Waals surface area (Å²) in [5, 5.41) is 3.26. The summed E-state index contributed by atoms with van der Waals surface area (Å²) in [6.45, 7) is 1.88. The first-order valence-corrected chi connectivity index (χ1v) is 4.97. The highest BCUT2D eigenvalue weighted by molar-refractivity contribution is 4.96. The molecule has 15 heavy (non-hydrogen) atoms. The molecule has 2 rings (SSSR count). The van der Waals surface area contributed by atoms with Crippen molar-refractivity contribution in [2.24, 2.45) is 0 Å². The number of aromatic nitrogens is 2. The Kier molecular flexibility index (Phi) is 2.95. The molecule has 1 aromatic rings. The zero-order chi connectivity index (χ0) is 10.8. The number of likely N-dealkylation sites (tertiary alicyclic amines) is 1. The molecule has 0 radical (unpaired) electrons. The number of hydrogen-bond acceptors (Lipinski definition) is 4. The van der Waals surface area contributed by atoms with Crippen LogP contribution in [0.1, 0.15) is 36.9 Å². The van der Waals surface area contributed by atoms with E-state index in [1.54, 1.807) is 0 Å². The van der Waals surface area contributed by atoms with E-state index in [9.17, 15) is 8.78 Å². The summed E-state index contributed by atoms with van der Waals surface area (Å²) < 4.78 is 29.3. The van der Waals surface area contributed by atoms with Gasteiger partial charge < -0.3 is 9.42 Å².